The zero-order valence-corrected chi connectivity index (χ0v) is 7.49. The van der Waals surface area contributed by atoms with Gasteiger partial charge in [-0.3, -0.25) is 0 Å². The minimum atomic E-state index is -2.99. The molecule has 0 aliphatic carbocycles. The van der Waals surface area contributed by atoms with Gasteiger partial charge in [0.05, 0.1) is 0 Å². The first-order valence-electron chi connectivity index (χ1n) is 3.65. The fourth-order valence-corrected chi connectivity index (χ4v) is 1.07. The number of aryl methyl sites for hydroxylation is 1. The Morgan fingerprint density at radius 3 is 2.57 bits per heavy atom. The number of aromatic carboxylic acids is 1. The second kappa shape index (κ2) is 3.60. The van der Waals surface area contributed by atoms with Gasteiger partial charge in [-0.25, -0.2) is 9.48 Å². The van der Waals surface area contributed by atoms with Gasteiger partial charge in [0.25, 0.3) is 0 Å². The quantitative estimate of drug-likeness (QED) is 0.802. The lowest BCUT2D eigenvalue weighted by molar-refractivity contribution is -0.0557. The topological polar surface area (TPSA) is 64.3 Å². The number of nitrogens with zero attached hydrogens (tertiary/aromatic N) is 2. The van der Waals surface area contributed by atoms with Crippen LogP contribution in [0.15, 0.2) is 0 Å². The number of hydrogen-bond donors (Lipinski definition) is 1. The molecule has 78 valence electrons. The van der Waals surface area contributed by atoms with Gasteiger partial charge in [-0.05, 0) is 6.92 Å². The van der Waals surface area contributed by atoms with Crippen molar-refractivity contribution in [2.24, 2.45) is 7.05 Å². The van der Waals surface area contributed by atoms with Gasteiger partial charge in [0, 0.05) is 12.6 Å². The fraction of sp³-hybridized carbons (Fsp3) is 0.429. The summed E-state index contributed by atoms with van der Waals surface area (Å²) in [6, 6.07) is 0. The van der Waals surface area contributed by atoms with Gasteiger partial charge in [0.15, 0.2) is 5.69 Å². The zero-order valence-electron chi connectivity index (χ0n) is 7.49. The summed E-state index contributed by atoms with van der Waals surface area (Å²) in [5.74, 6) is -1.51. The Hall–Kier alpha value is -1.66. The maximum atomic E-state index is 11.9. The normalized spacial score (nSPS) is 10.6. The van der Waals surface area contributed by atoms with Crippen LogP contribution >= 0.6 is 0 Å². The van der Waals surface area contributed by atoms with Crippen LogP contribution in [0, 0.1) is 6.92 Å². The molecule has 0 bridgehead atoms. The van der Waals surface area contributed by atoms with E-state index in [0.29, 0.717) is 0 Å². The van der Waals surface area contributed by atoms with Gasteiger partial charge >= 0.3 is 12.6 Å². The second-order valence-corrected chi connectivity index (χ2v) is 2.59. The largest absolute Gasteiger partial charge is 0.476 e. The molecule has 1 aromatic rings. The predicted molar refractivity (Wildman–Crippen MR) is 41.5 cm³/mol. The van der Waals surface area contributed by atoms with Gasteiger partial charge in [0.1, 0.15) is 0 Å². The molecule has 14 heavy (non-hydrogen) atoms. The van der Waals surface area contributed by atoms with E-state index < -0.39 is 12.6 Å². The first-order chi connectivity index (χ1) is 6.43. The third kappa shape index (κ3) is 1.81. The molecule has 0 radical (unpaired) electrons. The Bertz CT molecular complexity index is 362. The summed E-state index contributed by atoms with van der Waals surface area (Å²) in [6.07, 6.45) is 0. The number of carboxylic acids is 1. The van der Waals surface area contributed by atoms with Crippen LogP contribution in [0.25, 0.3) is 0 Å². The zero-order chi connectivity index (χ0) is 10.9. The highest BCUT2D eigenvalue weighted by molar-refractivity contribution is 5.87. The molecule has 0 fully saturated rings. The van der Waals surface area contributed by atoms with Crippen LogP contribution in [0.3, 0.4) is 0 Å². The van der Waals surface area contributed by atoms with Crippen molar-refractivity contribution in [3.05, 3.63) is 11.3 Å². The van der Waals surface area contributed by atoms with Crippen molar-refractivity contribution < 1.29 is 23.4 Å². The molecule has 0 amide bonds. The second-order valence-electron chi connectivity index (χ2n) is 2.59. The Kier molecular flexibility index (Phi) is 2.68. The number of hydrogen-bond acceptors (Lipinski definition) is 3. The van der Waals surface area contributed by atoms with Crippen molar-refractivity contribution in [2.75, 3.05) is 0 Å². The van der Waals surface area contributed by atoms with E-state index in [1.54, 1.807) is 0 Å². The van der Waals surface area contributed by atoms with E-state index in [2.05, 4.69) is 9.84 Å². The van der Waals surface area contributed by atoms with E-state index >= 15 is 0 Å². The highest BCUT2D eigenvalue weighted by atomic mass is 19.3. The van der Waals surface area contributed by atoms with Gasteiger partial charge in [0.2, 0.25) is 5.88 Å². The number of carbonyl (C=O) groups is 1. The molecule has 0 spiro atoms. The van der Waals surface area contributed by atoms with E-state index in [1.807, 2.05) is 0 Å². The maximum Gasteiger partial charge on any atom is 0.388 e. The summed E-state index contributed by atoms with van der Waals surface area (Å²) in [7, 11) is 1.33. The lowest BCUT2D eigenvalue weighted by atomic mass is 10.3. The van der Waals surface area contributed by atoms with Gasteiger partial charge in [-0.15, -0.1) is 0 Å². The molecule has 1 rings (SSSR count). The molecule has 0 aliphatic heterocycles. The summed E-state index contributed by atoms with van der Waals surface area (Å²) in [5.41, 5.74) is -0.205. The molecule has 0 saturated carbocycles. The predicted octanol–water partition coefficient (Wildman–Crippen LogP) is 1.03. The van der Waals surface area contributed by atoms with Crippen molar-refractivity contribution >= 4 is 5.97 Å². The molecule has 5 nitrogen and oxygen atoms in total. The third-order valence-electron chi connectivity index (χ3n) is 1.62. The molecule has 0 saturated heterocycles. The standard InChI is InChI=1S/C7H8F2N2O3/c1-3-4(6(12)13)10-11(2)5(3)14-7(8)9/h7H,1-2H3,(H,12,13). The Morgan fingerprint density at radius 1 is 1.64 bits per heavy atom. The summed E-state index contributed by atoms with van der Waals surface area (Å²) >= 11 is 0. The van der Waals surface area contributed by atoms with Crippen LogP contribution in [0.4, 0.5) is 8.78 Å². The first kappa shape index (κ1) is 10.4. The summed E-state index contributed by atoms with van der Waals surface area (Å²) in [5, 5.41) is 12.1. The number of aromatic nitrogens is 2. The first-order valence-corrected chi connectivity index (χ1v) is 3.65. The van der Waals surface area contributed by atoms with Gasteiger partial charge < -0.3 is 9.84 Å². The van der Waals surface area contributed by atoms with Crippen LogP contribution in [0.1, 0.15) is 16.1 Å². The lowest BCUT2D eigenvalue weighted by Crippen LogP contribution is -2.06. The van der Waals surface area contributed by atoms with Crippen LogP contribution in [-0.4, -0.2) is 27.5 Å². The molecule has 0 aliphatic rings. The highest BCUT2D eigenvalue weighted by Crippen LogP contribution is 2.22. The van der Waals surface area contributed by atoms with Crippen molar-refractivity contribution in [3.8, 4) is 5.88 Å². The Balaban J connectivity index is 3.11. The Morgan fingerprint density at radius 2 is 2.21 bits per heavy atom. The summed E-state index contributed by atoms with van der Waals surface area (Å²) < 4.78 is 28.8. The minimum absolute atomic E-state index is 0.0836. The number of rotatable bonds is 3. The summed E-state index contributed by atoms with van der Waals surface area (Å²) in [4.78, 5) is 10.6. The van der Waals surface area contributed by atoms with Crippen molar-refractivity contribution in [1.29, 1.82) is 0 Å². The van der Waals surface area contributed by atoms with Gasteiger partial charge in [-0.1, -0.05) is 0 Å². The van der Waals surface area contributed by atoms with E-state index in [9.17, 15) is 13.6 Å². The van der Waals surface area contributed by atoms with Gasteiger partial charge in [-0.2, -0.15) is 13.9 Å². The van der Waals surface area contributed by atoms with Crippen LogP contribution in [0.2, 0.25) is 0 Å². The molecule has 1 aromatic heterocycles. The van der Waals surface area contributed by atoms with E-state index in [1.165, 1.54) is 14.0 Å². The lowest BCUT2D eigenvalue weighted by Gasteiger charge is -2.04. The molecule has 0 atom stereocenters. The van der Waals surface area contributed by atoms with Crippen molar-refractivity contribution in [1.82, 2.24) is 9.78 Å². The molecular formula is C7H8F2N2O3. The number of ether oxygens (including phenoxy) is 1. The smallest absolute Gasteiger partial charge is 0.388 e. The average molecular weight is 206 g/mol. The molecule has 1 heterocycles. The number of alkyl halides is 2. The van der Waals surface area contributed by atoms with E-state index in [0.717, 1.165) is 4.68 Å². The fourth-order valence-electron chi connectivity index (χ4n) is 1.07. The van der Waals surface area contributed by atoms with Crippen LogP contribution in [-0.2, 0) is 7.05 Å². The number of carboxylic acid groups (broad SMARTS) is 1. The molecule has 0 aromatic carbocycles. The highest BCUT2D eigenvalue weighted by Gasteiger charge is 2.20. The maximum absolute atomic E-state index is 11.9. The van der Waals surface area contributed by atoms with E-state index in [-0.39, 0.29) is 17.1 Å². The molecular weight excluding hydrogens is 198 g/mol. The monoisotopic (exact) mass is 206 g/mol. The summed E-state index contributed by atoms with van der Waals surface area (Å²) in [6.45, 7) is -1.64. The molecule has 7 heteroatoms. The number of halogens is 2. The minimum Gasteiger partial charge on any atom is -0.476 e. The van der Waals surface area contributed by atoms with Crippen molar-refractivity contribution in [3.63, 3.8) is 0 Å². The molecule has 1 N–H and O–H groups in total. The SMILES string of the molecule is Cc1c(C(=O)O)nn(C)c1OC(F)F. The Labute approximate surface area is 77.9 Å². The van der Waals surface area contributed by atoms with Crippen molar-refractivity contribution in [2.45, 2.75) is 13.5 Å². The van der Waals surface area contributed by atoms with Crippen LogP contribution < -0.4 is 4.74 Å². The van der Waals surface area contributed by atoms with E-state index in [4.69, 9.17) is 5.11 Å². The molecule has 0 unspecified atom stereocenters. The third-order valence-corrected chi connectivity index (χ3v) is 1.62. The average Bonchev–Trinajstić information content (AvgIpc) is 2.31. The van der Waals surface area contributed by atoms with Crippen LogP contribution in [0.5, 0.6) is 5.88 Å².